The minimum Gasteiger partial charge on any atom is -0.504 e. The number of likely N-dealkylation sites (N-methyl/N-ethyl adjacent to an activating group) is 1. The number of hydrogen-bond acceptors (Lipinski definition) is 41. The molecule has 660 valence electrons. The molecule has 1 unspecified atom stereocenters. The molecule has 1 saturated heterocycles. The molecule has 1 aliphatic heterocycles. The van der Waals surface area contributed by atoms with Gasteiger partial charge in [-0.2, -0.15) is 31.6 Å². The maximum atomic E-state index is 11.8. The zero-order chi connectivity index (χ0) is 96.7. The van der Waals surface area contributed by atoms with Crippen LogP contribution < -0.4 is 32.1 Å². The van der Waals surface area contributed by atoms with E-state index in [0.29, 0.717) is 19.8 Å². The fraction of sp³-hybridized carbons (Fsp3) is 0.139. The van der Waals surface area contributed by atoms with E-state index < -0.39 is 209 Å². The van der Waals surface area contributed by atoms with Crippen LogP contribution in [0.25, 0.3) is 36.5 Å². The van der Waals surface area contributed by atoms with Gasteiger partial charge in [-0.15, -0.1) is 0 Å². The number of phenolic OH excluding ortho intramolecular Hbond substituents is 12. The quantitative estimate of drug-likeness (QED) is 0.00926. The Morgan fingerprint density at radius 1 is 0.402 bits per heavy atom. The number of aliphatic hydroxyl groups excluding tert-OH is 1. The molecule has 0 saturated carbocycles. The summed E-state index contributed by atoms with van der Waals surface area (Å²) in [6.45, 7) is 2.81. The number of amides is 6. The van der Waals surface area contributed by atoms with Gasteiger partial charge in [0.1, 0.15) is 82.4 Å². The highest BCUT2D eigenvalue weighted by molar-refractivity contribution is 6.06. The summed E-state index contributed by atoms with van der Waals surface area (Å²) in [5, 5.41) is 275. The summed E-state index contributed by atoms with van der Waals surface area (Å²) >= 11 is 0. The van der Waals surface area contributed by atoms with E-state index in [9.17, 15) is 160 Å². The molecule has 0 spiro atoms. The predicted octanol–water partition coefficient (Wildman–Crippen LogP) is 2.53. The Bertz CT molecular complexity index is 5890. The van der Waals surface area contributed by atoms with Crippen LogP contribution in [0.5, 0.6) is 69.0 Å². The van der Waals surface area contributed by atoms with Crippen LogP contribution in [-0.2, 0) is 43.1 Å². The van der Waals surface area contributed by atoms with Crippen molar-refractivity contribution < 1.29 is 154 Å². The number of carbonyl (C=O) groups excluding carboxylic acids is 6. The lowest BCUT2D eigenvalue weighted by atomic mass is 10.1. The van der Waals surface area contributed by atoms with Gasteiger partial charge < -0.3 is 108 Å². The zero-order valence-corrected chi connectivity index (χ0v) is 63.9. The number of nitro benzene ring substituents is 6. The smallest absolute Gasteiger partial charge is 0.325 e. The molecule has 0 aromatic heterocycles. The monoisotopic (exact) mass is 1770 g/mol. The minimum atomic E-state index is -1.32. The number of aliphatic carboxylic acids is 2. The van der Waals surface area contributed by atoms with Crippen molar-refractivity contribution in [3.8, 4) is 105 Å². The molecule has 6 amide bonds. The summed E-state index contributed by atoms with van der Waals surface area (Å²) in [5.41, 5.74) is -6.08. The maximum Gasteiger partial charge on any atom is 0.325 e. The van der Waals surface area contributed by atoms with Gasteiger partial charge in [-0.25, -0.2) is 5.48 Å². The first-order valence-electron chi connectivity index (χ1n) is 33.5. The van der Waals surface area contributed by atoms with E-state index in [1.165, 1.54) is 30.6 Å². The fourth-order valence-electron chi connectivity index (χ4n) is 8.73. The lowest BCUT2D eigenvalue weighted by Gasteiger charge is -2.26. The fourth-order valence-corrected chi connectivity index (χ4v) is 8.73. The first-order valence-corrected chi connectivity index (χ1v) is 33.5. The molecule has 6 aromatic carbocycles. The highest BCUT2D eigenvalue weighted by atomic mass is 16.7. The molecule has 0 aliphatic carbocycles. The number of nitriles is 6. The zero-order valence-electron chi connectivity index (χ0n) is 63.9. The van der Waals surface area contributed by atoms with Gasteiger partial charge in [0.15, 0.2) is 34.5 Å². The van der Waals surface area contributed by atoms with Crippen molar-refractivity contribution in [1.82, 2.24) is 32.1 Å². The number of ether oxygens (including phenoxy) is 1. The molecule has 0 radical (unpaired) electrons. The largest absolute Gasteiger partial charge is 0.504 e. The second-order valence-corrected chi connectivity index (χ2v) is 23.6. The molecule has 7 rings (SSSR count). The molecule has 1 heterocycles. The molecule has 55 heteroatoms. The second-order valence-electron chi connectivity index (χ2n) is 23.6. The average Bonchev–Trinajstić information content (AvgIpc) is 0.849. The van der Waals surface area contributed by atoms with Gasteiger partial charge in [0.25, 0.3) is 35.4 Å². The number of nitro groups is 6. The summed E-state index contributed by atoms with van der Waals surface area (Å²) in [7, 11) is 0. The van der Waals surface area contributed by atoms with Gasteiger partial charge in [-0.1, -0.05) is 0 Å². The lowest BCUT2D eigenvalue weighted by Crippen LogP contribution is -2.48. The molecule has 55 nitrogen and oxygen atoms in total. The number of carboxylic acids is 2. The SMILES string of the molecule is CC(NC(=O)/C(C#N)=C/c1cc(O)c(O)c([N+](=O)[O-])c1)C(=O)O.CCNC(=O)/C(C#N)=C/c1cc(O)c(O)c([N+](=O)[O-])c1.N#C/C(=C\c1cc(O)c(O)c([N+](=O)[O-])c1)C(=O)NC1COC1.N#C/C(=C\c1cc(O)c(O)c([N+](=O)[O-])c1)C(=O)NCC(=O)O.N#C/C(=C\c1cc(O)c(O)c([N+](=O)[O-])c1)C(=O)NCCO.N#C/C(=C\c1cc(O)c(O)c([N+](=O)[O-])c1)C(=O)NO. The molecule has 6 aromatic rings. The first kappa shape index (κ1) is 103. The van der Waals surface area contributed by atoms with Crippen LogP contribution in [-0.4, -0.2) is 210 Å². The number of aliphatic hydroxyl groups is 1. The second kappa shape index (κ2) is 48.9. The van der Waals surface area contributed by atoms with E-state index in [1.54, 1.807) is 25.1 Å². The lowest BCUT2D eigenvalue weighted by molar-refractivity contribution is -0.386. The van der Waals surface area contributed by atoms with E-state index in [4.69, 9.17) is 56.8 Å². The summed E-state index contributed by atoms with van der Waals surface area (Å²) < 4.78 is 4.89. The summed E-state index contributed by atoms with van der Waals surface area (Å²) in [6, 6.07) is 19.1. The van der Waals surface area contributed by atoms with Gasteiger partial charge in [-0.05, 0) is 120 Å². The van der Waals surface area contributed by atoms with Crippen LogP contribution in [0, 0.1) is 129 Å². The number of hydrogen-bond donors (Lipinski definition) is 22. The Kier molecular flexibility index (Phi) is 39.8. The van der Waals surface area contributed by atoms with Crippen molar-refractivity contribution in [3.63, 3.8) is 0 Å². The predicted molar refractivity (Wildman–Crippen MR) is 417 cm³/mol. The topological polar surface area (TPSA) is 943 Å². The number of carboxylic acid groups (broad SMARTS) is 2. The van der Waals surface area contributed by atoms with Crippen molar-refractivity contribution in [3.05, 3.63) is 200 Å². The molecule has 0 bridgehead atoms. The molecule has 1 atom stereocenters. The van der Waals surface area contributed by atoms with E-state index in [-0.39, 0.29) is 69.3 Å². The number of nitrogens with zero attached hydrogens (tertiary/aromatic N) is 12. The van der Waals surface area contributed by atoms with Crippen LogP contribution >= 0.6 is 0 Å². The van der Waals surface area contributed by atoms with E-state index in [1.807, 2.05) is 10.6 Å². The number of nitrogens with one attached hydrogen (secondary N) is 6. The average molecular weight is 1770 g/mol. The van der Waals surface area contributed by atoms with Crippen molar-refractivity contribution in [2.45, 2.75) is 25.9 Å². The van der Waals surface area contributed by atoms with Gasteiger partial charge in [-0.3, -0.25) is 104 Å². The molecule has 1 fully saturated rings. The number of hydroxylamine groups is 1. The molecule has 127 heavy (non-hydrogen) atoms. The summed E-state index contributed by atoms with van der Waals surface area (Å²) in [5.74, 6) is -17.8. The Labute approximate surface area is 704 Å². The minimum absolute atomic E-state index is 0.00676. The Hall–Kier alpha value is -19.7. The summed E-state index contributed by atoms with van der Waals surface area (Å²) in [6.07, 6.45) is 5.90. The standard InChI is InChI=1S/C13H11N3O7.C13H11N3O6.C12H9N3O7.C12H11N3O6.C12H11N3O5.C10H7N3O6/c1-6(13(20)21)15-12(19)8(5-14)2-7-3-9(16(22)23)11(18)10(17)4-7;14-4-8(13(19)15-9-5-22-6-9)1-7-2-10(16(20)21)12(18)11(17)3-7;13-4-7(12(20)14-5-10(17)18)1-6-2-8(15(21)22)11(19)9(16)3-6;13-6-8(12(19)14-1-2-16)3-7-4-9(15(20)21)11(18)10(17)5-7;1-2-14-12(18)8(6-13)3-7-4-9(15(19)20)11(17)10(16)5-7;11-4-6(10(16)12-17)1-5-2-7(13(18)19)9(15)8(14)3-5/h2-4,6,17-18H,1H3,(H,15,19)(H,20,21);1-3,9,17-18H,5-6H2,(H,15,19);1-3,16,19H,5H2,(H,14,20)(H,17,18);3-5,16-18H,1-2H2,(H,14,19);3-5,16-17H,2H2,1H3,(H,14,18);1-3,14-15,17H,(H,12,16)/b8-2+;8-1+;7-1+;2*8-3+;6-1+. The van der Waals surface area contributed by atoms with E-state index in [2.05, 4.69) is 16.0 Å². The van der Waals surface area contributed by atoms with Gasteiger partial charge in [0.2, 0.25) is 34.5 Å². The third-order valence-electron chi connectivity index (χ3n) is 14.7. The first-order chi connectivity index (χ1) is 59.5. The highest BCUT2D eigenvalue weighted by Crippen LogP contribution is 2.42. The normalized spacial score (nSPS) is 11.6. The van der Waals surface area contributed by atoms with Crippen LogP contribution in [0.3, 0.4) is 0 Å². The third-order valence-corrected chi connectivity index (χ3v) is 14.7. The molecule has 22 N–H and O–H groups in total. The summed E-state index contributed by atoms with van der Waals surface area (Å²) in [4.78, 5) is 149. The van der Waals surface area contributed by atoms with Gasteiger partial charge >= 0.3 is 46.1 Å². The number of aromatic hydroxyl groups is 12. The van der Waals surface area contributed by atoms with Crippen molar-refractivity contribution >= 4 is 118 Å². The maximum absolute atomic E-state index is 11.8. The van der Waals surface area contributed by atoms with Crippen LogP contribution in [0.1, 0.15) is 47.2 Å². The van der Waals surface area contributed by atoms with Crippen molar-refractivity contribution in [2.75, 3.05) is 39.5 Å². The highest BCUT2D eigenvalue weighted by Gasteiger charge is 2.28. The van der Waals surface area contributed by atoms with Crippen LogP contribution in [0.4, 0.5) is 34.1 Å². The van der Waals surface area contributed by atoms with Crippen LogP contribution in [0.2, 0.25) is 0 Å². The van der Waals surface area contributed by atoms with Crippen LogP contribution in [0.15, 0.2) is 106 Å². The molecular formula is C72H60N18O37. The number of rotatable bonds is 26. The van der Waals surface area contributed by atoms with Gasteiger partial charge in [0.05, 0.1) is 55.4 Å². The molecule has 1 aliphatic rings. The van der Waals surface area contributed by atoms with Crippen molar-refractivity contribution in [1.29, 1.82) is 31.6 Å². The number of carbonyl (C=O) groups is 8. The van der Waals surface area contributed by atoms with Gasteiger partial charge in [0, 0.05) is 49.5 Å². The van der Waals surface area contributed by atoms with Crippen molar-refractivity contribution in [2.24, 2.45) is 0 Å². The third kappa shape index (κ3) is 31.3. The molecular weight excluding hydrogens is 1710 g/mol. The van der Waals surface area contributed by atoms with E-state index in [0.717, 1.165) is 109 Å². The van der Waals surface area contributed by atoms with E-state index >= 15 is 0 Å². The Morgan fingerprint density at radius 3 is 0.843 bits per heavy atom. The number of phenols is 12. The Morgan fingerprint density at radius 2 is 0.638 bits per heavy atom. The Balaban J connectivity index is 0.000000517. The number of benzene rings is 6.